The van der Waals surface area contributed by atoms with Crippen molar-refractivity contribution in [2.24, 2.45) is 5.92 Å². The van der Waals surface area contributed by atoms with Crippen LogP contribution < -0.4 is 5.32 Å². The molecule has 0 saturated heterocycles. The minimum absolute atomic E-state index is 0.0994. The molecule has 1 aromatic rings. The highest BCUT2D eigenvalue weighted by Crippen LogP contribution is 2.18. The number of benzene rings is 1. The molecule has 1 aromatic carbocycles. The molecular weight excluding hydrogens is 244 g/mol. The number of aliphatic carboxylic acids is 1. The van der Waals surface area contributed by atoms with E-state index in [9.17, 15) is 18.4 Å². The Bertz CT molecular complexity index is 476. The van der Waals surface area contributed by atoms with E-state index in [1.54, 1.807) is 0 Å². The van der Waals surface area contributed by atoms with Gasteiger partial charge in [0.25, 0.3) is 0 Å². The third-order valence-corrected chi connectivity index (χ3v) is 2.55. The standard InChI is InChI=1S/C12H13F2NO3/c1-6(12(17)18)11(16)15-7(2)9-4-3-8(13)5-10(9)14/h3-7H,1-2H3,(H,15,16)(H,17,18). The number of carbonyl (C=O) groups excluding carboxylic acids is 1. The molecule has 2 unspecified atom stereocenters. The second-order valence-corrected chi connectivity index (χ2v) is 3.96. The molecule has 0 spiro atoms. The Morgan fingerprint density at radius 3 is 2.39 bits per heavy atom. The van der Waals surface area contributed by atoms with Crippen LogP contribution in [0.2, 0.25) is 0 Å². The Kier molecular flexibility index (Phi) is 4.36. The normalized spacial score (nSPS) is 13.8. The lowest BCUT2D eigenvalue weighted by atomic mass is 10.1. The highest BCUT2D eigenvalue weighted by Gasteiger charge is 2.23. The van der Waals surface area contributed by atoms with Gasteiger partial charge in [-0.05, 0) is 19.9 Å². The summed E-state index contributed by atoms with van der Waals surface area (Å²) in [7, 11) is 0. The first-order chi connectivity index (χ1) is 8.32. The van der Waals surface area contributed by atoms with Crippen molar-refractivity contribution in [1.29, 1.82) is 0 Å². The molecule has 0 saturated carbocycles. The Hall–Kier alpha value is -1.98. The quantitative estimate of drug-likeness (QED) is 0.809. The summed E-state index contributed by atoms with van der Waals surface area (Å²) in [5.74, 6) is -4.71. The molecule has 6 heteroatoms. The highest BCUT2D eigenvalue weighted by atomic mass is 19.1. The van der Waals surface area contributed by atoms with E-state index in [2.05, 4.69) is 5.32 Å². The first-order valence-corrected chi connectivity index (χ1v) is 5.31. The number of carboxylic acids is 1. The minimum Gasteiger partial charge on any atom is -0.481 e. The summed E-state index contributed by atoms with van der Waals surface area (Å²) in [6.45, 7) is 2.72. The van der Waals surface area contributed by atoms with Gasteiger partial charge in [-0.2, -0.15) is 0 Å². The zero-order chi connectivity index (χ0) is 13.9. The third kappa shape index (κ3) is 3.26. The Balaban J connectivity index is 2.79. The molecule has 1 amide bonds. The molecule has 0 aliphatic carbocycles. The van der Waals surface area contributed by atoms with Gasteiger partial charge in [-0.3, -0.25) is 9.59 Å². The Morgan fingerprint density at radius 1 is 1.28 bits per heavy atom. The van der Waals surface area contributed by atoms with Crippen molar-refractivity contribution in [2.45, 2.75) is 19.9 Å². The highest BCUT2D eigenvalue weighted by molar-refractivity contribution is 5.96. The summed E-state index contributed by atoms with van der Waals surface area (Å²) in [4.78, 5) is 22.0. The smallest absolute Gasteiger partial charge is 0.315 e. The summed E-state index contributed by atoms with van der Waals surface area (Å²) in [5.41, 5.74) is 0.0994. The molecule has 0 bridgehead atoms. The zero-order valence-electron chi connectivity index (χ0n) is 9.91. The maximum absolute atomic E-state index is 13.4. The monoisotopic (exact) mass is 257 g/mol. The molecule has 4 nitrogen and oxygen atoms in total. The van der Waals surface area contributed by atoms with E-state index in [0.29, 0.717) is 6.07 Å². The number of halogens is 2. The number of nitrogens with one attached hydrogen (secondary N) is 1. The molecule has 1 rings (SSSR count). The van der Waals surface area contributed by atoms with Gasteiger partial charge in [0.2, 0.25) is 5.91 Å². The fraction of sp³-hybridized carbons (Fsp3) is 0.333. The summed E-state index contributed by atoms with van der Waals surface area (Å²) in [6, 6.07) is 2.25. The average molecular weight is 257 g/mol. The Labute approximate surface area is 103 Å². The third-order valence-electron chi connectivity index (χ3n) is 2.55. The van der Waals surface area contributed by atoms with E-state index in [0.717, 1.165) is 6.07 Å². The molecule has 0 radical (unpaired) electrons. The van der Waals surface area contributed by atoms with E-state index < -0.39 is 35.5 Å². The van der Waals surface area contributed by atoms with Crippen molar-refractivity contribution < 1.29 is 23.5 Å². The summed E-state index contributed by atoms with van der Waals surface area (Å²) in [6.07, 6.45) is 0. The lowest BCUT2D eigenvalue weighted by Gasteiger charge is -2.16. The van der Waals surface area contributed by atoms with E-state index in [1.807, 2.05) is 0 Å². The molecule has 0 fully saturated rings. The van der Waals surface area contributed by atoms with E-state index in [4.69, 9.17) is 5.11 Å². The maximum atomic E-state index is 13.4. The topological polar surface area (TPSA) is 66.4 Å². The lowest BCUT2D eigenvalue weighted by molar-refractivity contribution is -0.146. The van der Waals surface area contributed by atoms with Gasteiger partial charge in [0, 0.05) is 11.6 Å². The maximum Gasteiger partial charge on any atom is 0.315 e. The van der Waals surface area contributed by atoms with Gasteiger partial charge in [-0.25, -0.2) is 8.78 Å². The average Bonchev–Trinajstić information content (AvgIpc) is 2.27. The zero-order valence-corrected chi connectivity index (χ0v) is 9.91. The van der Waals surface area contributed by atoms with Crippen LogP contribution in [0.3, 0.4) is 0 Å². The number of amides is 1. The van der Waals surface area contributed by atoms with Crippen LogP contribution in [0.15, 0.2) is 18.2 Å². The van der Waals surface area contributed by atoms with Crippen molar-refractivity contribution in [3.05, 3.63) is 35.4 Å². The predicted octanol–water partition coefficient (Wildman–Crippen LogP) is 1.86. The largest absolute Gasteiger partial charge is 0.481 e. The van der Waals surface area contributed by atoms with Crippen LogP contribution in [0.4, 0.5) is 8.78 Å². The number of hydrogen-bond acceptors (Lipinski definition) is 2. The minimum atomic E-state index is -1.26. The van der Waals surface area contributed by atoms with E-state index >= 15 is 0 Å². The van der Waals surface area contributed by atoms with Crippen molar-refractivity contribution in [3.63, 3.8) is 0 Å². The lowest BCUT2D eigenvalue weighted by Crippen LogP contribution is -2.35. The van der Waals surface area contributed by atoms with E-state index in [-0.39, 0.29) is 5.56 Å². The molecule has 0 aliphatic heterocycles. The van der Waals surface area contributed by atoms with E-state index in [1.165, 1.54) is 19.9 Å². The predicted molar refractivity (Wildman–Crippen MR) is 59.7 cm³/mol. The van der Waals surface area contributed by atoms with Crippen molar-refractivity contribution in [2.75, 3.05) is 0 Å². The summed E-state index contributed by atoms with van der Waals surface area (Å²) >= 11 is 0. The molecule has 0 aromatic heterocycles. The second kappa shape index (κ2) is 5.57. The molecule has 2 atom stereocenters. The number of carboxylic acid groups (broad SMARTS) is 1. The molecule has 0 heterocycles. The molecular formula is C12H13F2NO3. The van der Waals surface area contributed by atoms with Gasteiger partial charge in [-0.15, -0.1) is 0 Å². The van der Waals surface area contributed by atoms with Crippen LogP contribution in [0.1, 0.15) is 25.5 Å². The number of carbonyl (C=O) groups is 2. The van der Waals surface area contributed by atoms with Gasteiger partial charge in [-0.1, -0.05) is 6.07 Å². The van der Waals surface area contributed by atoms with Gasteiger partial charge >= 0.3 is 5.97 Å². The fourth-order valence-electron chi connectivity index (χ4n) is 1.38. The second-order valence-electron chi connectivity index (χ2n) is 3.96. The van der Waals surface area contributed by atoms with Gasteiger partial charge in [0.1, 0.15) is 17.6 Å². The van der Waals surface area contributed by atoms with Gasteiger partial charge in [0.15, 0.2) is 0 Å². The summed E-state index contributed by atoms with van der Waals surface area (Å²) < 4.78 is 26.1. The first kappa shape index (κ1) is 14.1. The number of rotatable bonds is 4. The van der Waals surface area contributed by atoms with Crippen LogP contribution in [0.25, 0.3) is 0 Å². The van der Waals surface area contributed by atoms with Gasteiger partial charge < -0.3 is 10.4 Å². The SMILES string of the molecule is CC(C(=O)O)C(=O)NC(C)c1ccc(F)cc1F. The Morgan fingerprint density at radius 2 is 1.89 bits per heavy atom. The fourth-order valence-corrected chi connectivity index (χ4v) is 1.38. The summed E-state index contributed by atoms with van der Waals surface area (Å²) in [5, 5.41) is 11.0. The molecule has 0 aliphatic rings. The van der Waals surface area contributed by atoms with Crippen LogP contribution >= 0.6 is 0 Å². The molecule has 2 N–H and O–H groups in total. The van der Waals surface area contributed by atoms with Crippen LogP contribution in [0, 0.1) is 17.6 Å². The van der Waals surface area contributed by atoms with Gasteiger partial charge in [0.05, 0.1) is 6.04 Å². The van der Waals surface area contributed by atoms with Crippen LogP contribution in [-0.2, 0) is 9.59 Å². The van der Waals surface area contributed by atoms with Crippen molar-refractivity contribution >= 4 is 11.9 Å². The molecule has 18 heavy (non-hydrogen) atoms. The van der Waals surface area contributed by atoms with Crippen molar-refractivity contribution in [1.82, 2.24) is 5.32 Å². The number of hydrogen-bond donors (Lipinski definition) is 2. The first-order valence-electron chi connectivity index (χ1n) is 5.31. The van der Waals surface area contributed by atoms with Crippen LogP contribution in [-0.4, -0.2) is 17.0 Å². The molecule has 98 valence electrons. The van der Waals surface area contributed by atoms with Crippen LogP contribution in [0.5, 0.6) is 0 Å². The van der Waals surface area contributed by atoms with Crippen molar-refractivity contribution in [3.8, 4) is 0 Å².